The number of rotatable bonds is 1. The molecule has 0 aliphatic carbocycles. The van der Waals surface area contributed by atoms with Crippen molar-refractivity contribution in [3.05, 3.63) is 28.5 Å². The zero-order valence-corrected chi connectivity index (χ0v) is 14.7. The highest BCUT2D eigenvalue weighted by Crippen LogP contribution is 2.49. The molecule has 0 radical (unpaired) electrons. The summed E-state index contributed by atoms with van der Waals surface area (Å²) in [5, 5.41) is 13.2. The Morgan fingerprint density at radius 1 is 1.50 bits per heavy atom. The summed E-state index contributed by atoms with van der Waals surface area (Å²) in [6.45, 7) is 7.72. The van der Waals surface area contributed by atoms with Crippen molar-refractivity contribution in [3.63, 3.8) is 0 Å². The van der Waals surface area contributed by atoms with Gasteiger partial charge in [-0.2, -0.15) is 0 Å². The molecule has 0 aromatic carbocycles. The number of aromatic nitrogens is 1. The van der Waals surface area contributed by atoms with Crippen LogP contribution in [0.5, 0.6) is 0 Å². The summed E-state index contributed by atoms with van der Waals surface area (Å²) >= 11 is 3.50. The molecule has 3 atom stereocenters. The molecule has 5 nitrogen and oxygen atoms in total. The molecule has 3 heterocycles. The number of nitrogens with zero attached hydrogens (tertiary/aromatic N) is 2. The molecule has 1 amide bonds. The summed E-state index contributed by atoms with van der Waals surface area (Å²) in [4.78, 5) is 17.8. The highest BCUT2D eigenvalue weighted by Gasteiger charge is 2.58. The predicted molar refractivity (Wildman–Crippen MR) is 88.0 cm³/mol. The fourth-order valence-electron chi connectivity index (χ4n) is 4.44. The van der Waals surface area contributed by atoms with E-state index in [0.29, 0.717) is 6.54 Å². The first-order valence-electron chi connectivity index (χ1n) is 7.58. The molecule has 1 aromatic heterocycles. The topological polar surface area (TPSA) is 65.5 Å². The summed E-state index contributed by atoms with van der Waals surface area (Å²) in [7, 11) is 0. The molecule has 22 heavy (non-hydrogen) atoms. The minimum atomic E-state index is -0.833. The van der Waals surface area contributed by atoms with Crippen LogP contribution in [0.3, 0.4) is 0 Å². The van der Waals surface area contributed by atoms with E-state index in [2.05, 4.69) is 53.1 Å². The van der Waals surface area contributed by atoms with Crippen LogP contribution in [0.1, 0.15) is 32.8 Å². The Morgan fingerprint density at radius 2 is 2.23 bits per heavy atom. The van der Waals surface area contributed by atoms with Crippen LogP contribution in [-0.2, 0) is 5.41 Å². The van der Waals surface area contributed by atoms with Gasteiger partial charge in [0.25, 0.3) is 0 Å². The molecule has 2 aliphatic heterocycles. The van der Waals surface area contributed by atoms with Gasteiger partial charge in [0, 0.05) is 41.4 Å². The van der Waals surface area contributed by atoms with Crippen molar-refractivity contribution in [2.24, 2.45) is 5.41 Å². The monoisotopic (exact) mass is 367 g/mol. The molecule has 2 saturated heterocycles. The number of halogens is 1. The van der Waals surface area contributed by atoms with Gasteiger partial charge >= 0.3 is 6.09 Å². The van der Waals surface area contributed by atoms with Crippen LogP contribution >= 0.6 is 15.9 Å². The molecule has 0 spiro atoms. The Hall–Kier alpha value is -1.14. The van der Waals surface area contributed by atoms with Crippen molar-refractivity contribution in [3.8, 4) is 0 Å². The van der Waals surface area contributed by atoms with Gasteiger partial charge in [0.1, 0.15) is 0 Å². The van der Waals surface area contributed by atoms with Gasteiger partial charge in [-0.1, -0.05) is 20.8 Å². The maximum atomic E-state index is 11.8. The quantitative estimate of drug-likeness (QED) is 0.800. The first kappa shape index (κ1) is 15.7. The SMILES string of the molecule is CC(C)(C)C1N(C(=O)O)CC2CC1(c1cncc(Br)c1)CN2. The standard InChI is InChI=1S/C16H22BrN3O2/c1-15(2,3)13-16(10-4-11(17)7-18-6-10)5-12(19-9-16)8-20(13)14(21)22/h4,6-7,12-13,19H,5,8-9H2,1-3H3,(H,21,22). The predicted octanol–water partition coefficient (Wildman–Crippen LogP) is 2.85. The molecule has 2 fully saturated rings. The van der Waals surface area contributed by atoms with Gasteiger partial charge in [-0.15, -0.1) is 0 Å². The van der Waals surface area contributed by atoms with Crippen molar-refractivity contribution in [1.82, 2.24) is 15.2 Å². The van der Waals surface area contributed by atoms with Gasteiger partial charge in [-0.3, -0.25) is 4.98 Å². The number of pyridine rings is 1. The fraction of sp³-hybridized carbons (Fsp3) is 0.625. The molecule has 3 rings (SSSR count). The summed E-state index contributed by atoms with van der Waals surface area (Å²) in [6.07, 6.45) is 3.78. The number of carboxylic acid groups (broad SMARTS) is 1. The normalized spacial score (nSPS) is 31.4. The van der Waals surface area contributed by atoms with Crippen molar-refractivity contribution >= 4 is 22.0 Å². The number of carbonyl (C=O) groups is 1. The van der Waals surface area contributed by atoms with Crippen LogP contribution in [-0.4, -0.2) is 46.3 Å². The van der Waals surface area contributed by atoms with Crippen LogP contribution in [0.15, 0.2) is 22.9 Å². The number of hydrogen-bond donors (Lipinski definition) is 2. The van der Waals surface area contributed by atoms with Gasteiger partial charge in [0.2, 0.25) is 0 Å². The van der Waals surface area contributed by atoms with E-state index in [1.165, 1.54) is 0 Å². The first-order valence-corrected chi connectivity index (χ1v) is 8.37. The van der Waals surface area contributed by atoms with Crippen LogP contribution in [0, 0.1) is 5.41 Å². The maximum Gasteiger partial charge on any atom is 0.407 e. The number of likely N-dealkylation sites (tertiary alicyclic amines) is 1. The van der Waals surface area contributed by atoms with Gasteiger partial charge in [-0.05, 0) is 39.4 Å². The van der Waals surface area contributed by atoms with Crippen LogP contribution in [0.25, 0.3) is 0 Å². The minimum absolute atomic E-state index is 0.0835. The van der Waals surface area contributed by atoms with E-state index in [0.717, 1.165) is 23.0 Å². The zero-order valence-electron chi connectivity index (χ0n) is 13.1. The van der Waals surface area contributed by atoms with Crippen LogP contribution in [0.4, 0.5) is 4.79 Å². The van der Waals surface area contributed by atoms with E-state index in [1.54, 1.807) is 11.1 Å². The van der Waals surface area contributed by atoms with Crippen molar-refractivity contribution < 1.29 is 9.90 Å². The largest absolute Gasteiger partial charge is 0.465 e. The Morgan fingerprint density at radius 3 is 2.82 bits per heavy atom. The fourth-order valence-corrected chi connectivity index (χ4v) is 4.80. The smallest absolute Gasteiger partial charge is 0.407 e. The van der Waals surface area contributed by atoms with Crippen molar-refractivity contribution in [2.75, 3.05) is 13.1 Å². The summed E-state index contributed by atoms with van der Waals surface area (Å²) in [5.41, 5.74) is 0.733. The number of hydrogen-bond acceptors (Lipinski definition) is 3. The Labute approximate surface area is 139 Å². The second-order valence-corrected chi connectivity index (χ2v) is 8.45. The number of nitrogens with one attached hydrogen (secondary N) is 1. The molecule has 1 aromatic rings. The van der Waals surface area contributed by atoms with Crippen LogP contribution in [0.2, 0.25) is 0 Å². The second kappa shape index (κ2) is 5.20. The molecular formula is C16H22BrN3O2. The summed E-state index contributed by atoms with van der Waals surface area (Å²) in [5.74, 6) is 0. The molecule has 2 bridgehead atoms. The molecular weight excluding hydrogens is 346 g/mol. The number of amides is 1. The molecule has 6 heteroatoms. The van der Waals surface area contributed by atoms with E-state index < -0.39 is 6.09 Å². The second-order valence-electron chi connectivity index (χ2n) is 7.53. The average Bonchev–Trinajstić information content (AvgIpc) is 2.75. The Bertz CT molecular complexity index is 601. The Kier molecular flexibility index (Phi) is 3.72. The maximum absolute atomic E-state index is 11.8. The van der Waals surface area contributed by atoms with E-state index >= 15 is 0 Å². The molecule has 120 valence electrons. The zero-order chi connectivity index (χ0) is 16.1. The highest BCUT2D eigenvalue weighted by atomic mass is 79.9. The van der Waals surface area contributed by atoms with E-state index in [1.807, 2.05) is 6.20 Å². The lowest BCUT2D eigenvalue weighted by Crippen LogP contribution is -2.62. The first-order chi connectivity index (χ1) is 10.2. The van der Waals surface area contributed by atoms with E-state index in [-0.39, 0.29) is 22.9 Å². The van der Waals surface area contributed by atoms with E-state index in [4.69, 9.17) is 0 Å². The van der Waals surface area contributed by atoms with Crippen molar-refractivity contribution in [2.45, 2.75) is 44.7 Å². The molecule has 2 N–H and O–H groups in total. The molecule has 3 unspecified atom stereocenters. The third-order valence-electron chi connectivity index (χ3n) is 4.91. The highest BCUT2D eigenvalue weighted by molar-refractivity contribution is 9.10. The van der Waals surface area contributed by atoms with Gasteiger partial charge in [0.15, 0.2) is 0 Å². The number of fused-ring (bicyclic) bond motifs is 2. The summed E-state index contributed by atoms with van der Waals surface area (Å²) < 4.78 is 0.933. The van der Waals surface area contributed by atoms with Gasteiger partial charge in [-0.25, -0.2) is 4.79 Å². The Balaban J connectivity index is 2.15. The third-order valence-corrected chi connectivity index (χ3v) is 5.35. The molecule has 0 saturated carbocycles. The molecule has 2 aliphatic rings. The lowest BCUT2D eigenvalue weighted by Gasteiger charge is -2.52. The van der Waals surface area contributed by atoms with Gasteiger partial charge in [0.05, 0.1) is 6.04 Å². The van der Waals surface area contributed by atoms with E-state index in [9.17, 15) is 9.90 Å². The number of piperidine rings is 1. The lowest BCUT2D eigenvalue weighted by molar-refractivity contribution is 0.0196. The van der Waals surface area contributed by atoms with Gasteiger partial charge < -0.3 is 15.3 Å². The lowest BCUT2D eigenvalue weighted by atomic mass is 9.62. The van der Waals surface area contributed by atoms with Crippen LogP contribution < -0.4 is 5.32 Å². The minimum Gasteiger partial charge on any atom is -0.465 e. The van der Waals surface area contributed by atoms with Crippen molar-refractivity contribution in [1.29, 1.82) is 0 Å². The third kappa shape index (κ3) is 2.42. The summed E-state index contributed by atoms with van der Waals surface area (Å²) in [6, 6.07) is 2.22. The average molecular weight is 368 g/mol.